The molecule has 118 valence electrons. The van der Waals surface area contributed by atoms with Gasteiger partial charge in [0.2, 0.25) is 0 Å². The minimum atomic E-state index is 0.117. The smallest absolute Gasteiger partial charge is 0.132 e. The highest BCUT2D eigenvalue weighted by Crippen LogP contribution is 2.21. The molecule has 2 rings (SSSR count). The molecule has 21 heavy (non-hydrogen) atoms. The third-order valence-corrected chi connectivity index (χ3v) is 3.91. The molecule has 1 saturated heterocycles. The van der Waals surface area contributed by atoms with Crippen molar-refractivity contribution in [1.29, 1.82) is 0 Å². The number of aromatic nitrogens is 1. The largest absolute Gasteiger partial charge is 0.381 e. The molecule has 0 atom stereocenters. The maximum absolute atomic E-state index is 5.44. The van der Waals surface area contributed by atoms with Crippen molar-refractivity contribution in [1.82, 2.24) is 10.3 Å². The zero-order chi connectivity index (χ0) is 15.3. The lowest BCUT2D eigenvalue weighted by Crippen LogP contribution is -2.36. The first-order valence-corrected chi connectivity index (χ1v) is 7.93. The Morgan fingerprint density at radius 3 is 2.71 bits per heavy atom. The highest BCUT2D eigenvalue weighted by molar-refractivity contribution is 5.46. The highest BCUT2D eigenvalue weighted by Gasteiger charge is 2.18. The molecule has 1 aliphatic rings. The molecule has 0 unspecified atom stereocenters. The minimum Gasteiger partial charge on any atom is -0.381 e. The van der Waals surface area contributed by atoms with Crippen LogP contribution in [0.5, 0.6) is 0 Å². The van der Waals surface area contributed by atoms with Crippen LogP contribution in [-0.4, -0.2) is 37.3 Å². The Kier molecular flexibility index (Phi) is 5.59. The molecular formula is C17H29N3O. The van der Waals surface area contributed by atoms with E-state index in [4.69, 9.17) is 4.74 Å². The van der Waals surface area contributed by atoms with Gasteiger partial charge in [-0.25, -0.2) is 4.98 Å². The monoisotopic (exact) mass is 291 g/mol. The van der Waals surface area contributed by atoms with Crippen LogP contribution >= 0.6 is 0 Å². The Bertz CT molecular complexity index is 436. The average Bonchev–Trinajstić information content (AvgIpc) is 2.46. The van der Waals surface area contributed by atoms with Crippen LogP contribution in [-0.2, 0) is 11.3 Å². The summed E-state index contributed by atoms with van der Waals surface area (Å²) in [4.78, 5) is 6.90. The Hall–Kier alpha value is -1.13. The number of nitrogens with zero attached hydrogens (tertiary/aromatic N) is 2. The van der Waals surface area contributed by atoms with Crippen LogP contribution in [0.2, 0.25) is 0 Å². The number of pyridine rings is 1. The van der Waals surface area contributed by atoms with Crippen molar-refractivity contribution >= 4 is 5.82 Å². The van der Waals surface area contributed by atoms with E-state index in [1.807, 2.05) is 12.3 Å². The van der Waals surface area contributed by atoms with Crippen molar-refractivity contribution in [2.45, 2.75) is 45.7 Å². The fraction of sp³-hybridized carbons (Fsp3) is 0.706. The first-order chi connectivity index (χ1) is 9.96. The standard InChI is InChI=1S/C17H29N3O/c1-17(2,3)19-12-15-6-5-9-18-16(15)20(4)13-14-7-10-21-11-8-14/h5-6,9,14,19H,7-8,10-13H2,1-4H3. The van der Waals surface area contributed by atoms with E-state index in [2.05, 4.69) is 49.1 Å². The summed E-state index contributed by atoms with van der Waals surface area (Å²) in [7, 11) is 2.15. The SMILES string of the molecule is CN(CC1CCOCC1)c1ncccc1CNC(C)(C)C. The maximum Gasteiger partial charge on any atom is 0.132 e. The first-order valence-electron chi connectivity index (χ1n) is 7.93. The van der Waals surface area contributed by atoms with Gasteiger partial charge in [0.15, 0.2) is 0 Å². The average molecular weight is 291 g/mol. The maximum atomic E-state index is 5.44. The van der Waals surface area contributed by atoms with E-state index in [1.54, 1.807) is 0 Å². The van der Waals surface area contributed by atoms with Gasteiger partial charge in [-0.1, -0.05) is 6.07 Å². The van der Waals surface area contributed by atoms with Crippen molar-refractivity contribution in [2.24, 2.45) is 5.92 Å². The predicted molar refractivity (Wildman–Crippen MR) is 87.6 cm³/mol. The van der Waals surface area contributed by atoms with Crippen LogP contribution in [0.4, 0.5) is 5.82 Å². The fourth-order valence-corrected chi connectivity index (χ4v) is 2.68. The van der Waals surface area contributed by atoms with Crippen molar-refractivity contribution in [2.75, 3.05) is 31.7 Å². The Morgan fingerprint density at radius 1 is 1.33 bits per heavy atom. The summed E-state index contributed by atoms with van der Waals surface area (Å²) in [5.74, 6) is 1.81. The molecule has 0 bridgehead atoms. The molecule has 0 radical (unpaired) electrons. The Morgan fingerprint density at radius 2 is 2.05 bits per heavy atom. The van der Waals surface area contributed by atoms with Gasteiger partial charge in [0.1, 0.15) is 5.82 Å². The molecular weight excluding hydrogens is 262 g/mol. The van der Waals surface area contributed by atoms with E-state index in [1.165, 1.54) is 5.56 Å². The van der Waals surface area contributed by atoms with Crippen LogP contribution in [0.1, 0.15) is 39.2 Å². The molecule has 0 amide bonds. The fourth-order valence-electron chi connectivity index (χ4n) is 2.68. The quantitative estimate of drug-likeness (QED) is 0.905. The number of ether oxygens (including phenoxy) is 1. The number of hydrogen-bond acceptors (Lipinski definition) is 4. The first kappa shape index (κ1) is 16.2. The number of rotatable bonds is 5. The van der Waals surface area contributed by atoms with Crippen LogP contribution in [0.3, 0.4) is 0 Å². The summed E-state index contributed by atoms with van der Waals surface area (Å²) >= 11 is 0. The van der Waals surface area contributed by atoms with Crippen molar-refractivity contribution in [3.05, 3.63) is 23.9 Å². The molecule has 0 aromatic carbocycles. The van der Waals surface area contributed by atoms with Gasteiger partial charge in [0, 0.05) is 50.7 Å². The van der Waals surface area contributed by atoms with Crippen molar-refractivity contribution in [3.8, 4) is 0 Å². The summed E-state index contributed by atoms with van der Waals surface area (Å²) < 4.78 is 5.44. The summed E-state index contributed by atoms with van der Waals surface area (Å²) in [5.41, 5.74) is 1.38. The van der Waals surface area contributed by atoms with Gasteiger partial charge in [-0.15, -0.1) is 0 Å². The molecule has 1 aromatic heterocycles. The third kappa shape index (κ3) is 5.29. The third-order valence-electron chi connectivity index (χ3n) is 3.91. The van der Waals surface area contributed by atoms with Crippen molar-refractivity contribution in [3.63, 3.8) is 0 Å². The summed E-state index contributed by atoms with van der Waals surface area (Å²) in [6.07, 6.45) is 4.20. The molecule has 0 aliphatic carbocycles. The Balaban J connectivity index is 2.00. The second kappa shape index (κ2) is 7.23. The molecule has 4 heteroatoms. The number of hydrogen-bond donors (Lipinski definition) is 1. The van der Waals surface area contributed by atoms with E-state index >= 15 is 0 Å². The number of nitrogens with one attached hydrogen (secondary N) is 1. The van der Waals surface area contributed by atoms with Crippen LogP contribution in [0, 0.1) is 5.92 Å². The molecule has 4 nitrogen and oxygen atoms in total. The molecule has 1 aliphatic heterocycles. The zero-order valence-corrected chi connectivity index (χ0v) is 13.9. The van der Waals surface area contributed by atoms with Gasteiger partial charge in [0.05, 0.1) is 0 Å². The topological polar surface area (TPSA) is 37.4 Å². The van der Waals surface area contributed by atoms with Gasteiger partial charge in [-0.05, 0) is 45.6 Å². The lowest BCUT2D eigenvalue weighted by atomic mass is 10.00. The van der Waals surface area contributed by atoms with Gasteiger partial charge < -0.3 is 15.0 Å². The lowest BCUT2D eigenvalue weighted by molar-refractivity contribution is 0.0685. The lowest BCUT2D eigenvalue weighted by Gasteiger charge is -2.29. The molecule has 1 aromatic rings. The van der Waals surface area contributed by atoms with E-state index in [-0.39, 0.29) is 5.54 Å². The number of anilines is 1. The van der Waals surface area contributed by atoms with E-state index < -0.39 is 0 Å². The summed E-state index contributed by atoms with van der Waals surface area (Å²) in [6, 6.07) is 4.19. The van der Waals surface area contributed by atoms with Gasteiger partial charge in [0.25, 0.3) is 0 Å². The summed E-state index contributed by atoms with van der Waals surface area (Å²) in [5, 5.41) is 3.55. The van der Waals surface area contributed by atoms with E-state index in [0.29, 0.717) is 5.92 Å². The Labute approximate surface area is 128 Å². The normalized spacial score (nSPS) is 17.0. The predicted octanol–water partition coefficient (Wildman–Crippen LogP) is 2.83. The molecule has 1 N–H and O–H groups in total. The molecule has 1 fully saturated rings. The minimum absolute atomic E-state index is 0.117. The van der Waals surface area contributed by atoms with Gasteiger partial charge in [-0.3, -0.25) is 0 Å². The van der Waals surface area contributed by atoms with E-state index in [9.17, 15) is 0 Å². The van der Waals surface area contributed by atoms with Crippen LogP contribution in [0.15, 0.2) is 18.3 Å². The highest BCUT2D eigenvalue weighted by atomic mass is 16.5. The second-order valence-corrected chi connectivity index (χ2v) is 7.03. The zero-order valence-electron chi connectivity index (χ0n) is 13.9. The van der Waals surface area contributed by atoms with Crippen LogP contribution in [0.25, 0.3) is 0 Å². The van der Waals surface area contributed by atoms with Gasteiger partial charge >= 0.3 is 0 Å². The molecule has 0 spiro atoms. The molecule has 2 heterocycles. The van der Waals surface area contributed by atoms with Crippen molar-refractivity contribution < 1.29 is 4.74 Å². The van der Waals surface area contributed by atoms with Crippen LogP contribution < -0.4 is 10.2 Å². The van der Waals surface area contributed by atoms with E-state index in [0.717, 1.165) is 45.0 Å². The second-order valence-electron chi connectivity index (χ2n) is 7.03. The molecule has 0 saturated carbocycles. The van der Waals surface area contributed by atoms with Gasteiger partial charge in [-0.2, -0.15) is 0 Å². The summed E-state index contributed by atoms with van der Waals surface area (Å²) in [6.45, 7) is 10.3.